The third-order valence-corrected chi connectivity index (χ3v) is 2.97. The SMILES string of the molecule is CCOc1ccc(C(O)CCC(C)C)cc1OCC. The maximum Gasteiger partial charge on any atom is 0.161 e. The minimum absolute atomic E-state index is 0.433. The quantitative estimate of drug-likeness (QED) is 0.774. The topological polar surface area (TPSA) is 38.7 Å². The second-order valence-electron chi connectivity index (χ2n) is 5.06. The molecule has 3 heteroatoms. The maximum atomic E-state index is 10.2. The normalized spacial score (nSPS) is 12.5. The summed E-state index contributed by atoms with van der Waals surface area (Å²) < 4.78 is 11.1. The second kappa shape index (κ2) is 8.05. The van der Waals surface area contributed by atoms with Crippen molar-refractivity contribution in [3.63, 3.8) is 0 Å². The van der Waals surface area contributed by atoms with Gasteiger partial charge in [-0.3, -0.25) is 0 Å². The van der Waals surface area contributed by atoms with Crippen LogP contribution in [0.4, 0.5) is 0 Å². The van der Waals surface area contributed by atoms with Crippen molar-refractivity contribution in [1.82, 2.24) is 0 Å². The molecule has 1 aromatic carbocycles. The number of hydrogen-bond donors (Lipinski definition) is 1. The molecule has 1 N–H and O–H groups in total. The highest BCUT2D eigenvalue weighted by atomic mass is 16.5. The molecule has 0 radical (unpaired) electrons. The molecule has 19 heavy (non-hydrogen) atoms. The van der Waals surface area contributed by atoms with Crippen molar-refractivity contribution in [2.45, 2.75) is 46.6 Å². The van der Waals surface area contributed by atoms with Crippen molar-refractivity contribution >= 4 is 0 Å². The Bertz CT molecular complexity index is 374. The van der Waals surface area contributed by atoms with E-state index in [2.05, 4.69) is 13.8 Å². The van der Waals surface area contributed by atoms with E-state index in [1.54, 1.807) is 0 Å². The van der Waals surface area contributed by atoms with Crippen molar-refractivity contribution in [2.24, 2.45) is 5.92 Å². The Morgan fingerprint density at radius 2 is 1.63 bits per heavy atom. The number of ether oxygens (including phenoxy) is 2. The fourth-order valence-corrected chi connectivity index (χ4v) is 1.93. The highest BCUT2D eigenvalue weighted by Crippen LogP contribution is 2.32. The van der Waals surface area contributed by atoms with E-state index >= 15 is 0 Å². The molecule has 0 spiro atoms. The first-order valence-electron chi connectivity index (χ1n) is 7.16. The largest absolute Gasteiger partial charge is 0.490 e. The van der Waals surface area contributed by atoms with E-state index in [1.807, 2.05) is 32.0 Å². The molecule has 0 heterocycles. The zero-order valence-electron chi connectivity index (χ0n) is 12.5. The van der Waals surface area contributed by atoms with Gasteiger partial charge in [-0.15, -0.1) is 0 Å². The van der Waals surface area contributed by atoms with E-state index in [9.17, 15) is 5.11 Å². The van der Waals surface area contributed by atoms with Crippen LogP contribution < -0.4 is 9.47 Å². The lowest BCUT2D eigenvalue weighted by Crippen LogP contribution is -2.03. The van der Waals surface area contributed by atoms with Crippen molar-refractivity contribution in [2.75, 3.05) is 13.2 Å². The summed E-state index contributed by atoms with van der Waals surface area (Å²) >= 11 is 0. The molecule has 1 atom stereocenters. The zero-order chi connectivity index (χ0) is 14.3. The standard InChI is InChI=1S/C16H26O3/c1-5-18-15-10-8-13(11-16(15)19-6-2)14(17)9-7-12(3)4/h8,10-12,14,17H,5-7,9H2,1-4H3. The van der Waals surface area contributed by atoms with E-state index in [1.165, 1.54) is 0 Å². The van der Waals surface area contributed by atoms with Gasteiger partial charge in [0.2, 0.25) is 0 Å². The number of rotatable bonds is 8. The van der Waals surface area contributed by atoms with Crippen LogP contribution in [0.2, 0.25) is 0 Å². The van der Waals surface area contributed by atoms with Gasteiger partial charge in [-0.25, -0.2) is 0 Å². The van der Waals surface area contributed by atoms with Gasteiger partial charge in [0, 0.05) is 0 Å². The molecule has 0 aliphatic carbocycles. The summed E-state index contributed by atoms with van der Waals surface area (Å²) in [5.41, 5.74) is 0.896. The van der Waals surface area contributed by atoms with Gasteiger partial charge >= 0.3 is 0 Å². The van der Waals surface area contributed by atoms with Gasteiger partial charge < -0.3 is 14.6 Å². The molecule has 108 valence electrons. The van der Waals surface area contributed by atoms with Gasteiger partial charge in [0.15, 0.2) is 11.5 Å². The van der Waals surface area contributed by atoms with Gasteiger partial charge in [0.05, 0.1) is 19.3 Å². The molecule has 3 nitrogen and oxygen atoms in total. The third kappa shape index (κ3) is 5.11. The molecule has 0 amide bonds. The predicted octanol–water partition coefficient (Wildman–Crippen LogP) is 3.95. The minimum Gasteiger partial charge on any atom is -0.490 e. The summed E-state index contributed by atoms with van der Waals surface area (Å²) in [6.07, 6.45) is 1.35. The van der Waals surface area contributed by atoms with Crippen LogP contribution in [0, 0.1) is 5.92 Å². The molecule has 0 fully saturated rings. The van der Waals surface area contributed by atoms with E-state index in [4.69, 9.17) is 9.47 Å². The van der Waals surface area contributed by atoms with Crippen LogP contribution in [0.5, 0.6) is 11.5 Å². The number of hydrogen-bond acceptors (Lipinski definition) is 3. The average molecular weight is 266 g/mol. The van der Waals surface area contributed by atoms with Gasteiger partial charge in [-0.1, -0.05) is 19.9 Å². The first-order valence-corrected chi connectivity index (χ1v) is 7.16. The van der Waals surface area contributed by atoms with Crippen molar-refractivity contribution < 1.29 is 14.6 Å². The molecule has 0 aromatic heterocycles. The Hall–Kier alpha value is -1.22. The summed E-state index contributed by atoms with van der Waals surface area (Å²) in [7, 11) is 0. The average Bonchev–Trinajstić information content (AvgIpc) is 2.38. The Morgan fingerprint density at radius 1 is 1.00 bits per heavy atom. The molecule has 0 saturated heterocycles. The molecule has 1 aromatic rings. The van der Waals surface area contributed by atoms with Crippen LogP contribution >= 0.6 is 0 Å². The Morgan fingerprint density at radius 3 is 2.21 bits per heavy atom. The van der Waals surface area contributed by atoms with E-state index in [0.29, 0.717) is 24.9 Å². The molecular weight excluding hydrogens is 240 g/mol. The zero-order valence-corrected chi connectivity index (χ0v) is 12.5. The van der Waals surface area contributed by atoms with E-state index < -0.39 is 6.10 Å². The molecule has 0 saturated carbocycles. The Labute approximate surface area is 116 Å². The third-order valence-electron chi connectivity index (χ3n) is 2.97. The molecule has 0 aliphatic heterocycles. The first-order chi connectivity index (χ1) is 9.08. The number of aliphatic hydroxyl groups excluding tert-OH is 1. The lowest BCUT2D eigenvalue weighted by atomic mass is 9.99. The fraction of sp³-hybridized carbons (Fsp3) is 0.625. The molecule has 0 bridgehead atoms. The Kier molecular flexibility index (Phi) is 6.71. The van der Waals surface area contributed by atoms with E-state index in [-0.39, 0.29) is 0 Å². The van der Waals surface area contributed by atoms with Gasteiger partial charge in [-0.05, 0) is 50.3 Å². The summed E-state index contributed by atoms with van der Waals surface area (Å²) in [4.78, 5) is 0. The highest BCUT2D eigenvalue weighted by molar-refractivity contribution is 5.43. The maximum absolute atomic E-state index is 10.2. The van der Waals surface area contributed by atoms with Crippen LogP contribution in [0.15, 0.2) is 18.2 Å². The monoisotopic (exact) mass is 266 g/mol. The lowest BCUT2D eigenvalue weighted by Gasteiger charge is -2.16. The Balaban J connectivity index is 2.81. The summed E-state index contributed by atoms with van der Waals surface area (Å²) in [5.74, 6) is 2.05. The molecule has 0 aliphatic rings. The molecular formula is C16H26O3. The van der Waals surface area contributed by atoms with Gasteiger partial charge in [0.1, 0.15) is 0 Å². The van der Waals surface area contributed by atoms with Gasteiger partial charge in [-0.2, -0.15) is 0 Å². The number of aliphatic hydroxyl groups is 1. The lowest BCUT2D eigenvalue weighted by molar-refractivity contribution is 0.158. The predicted molar refractivity (Wildman–Crippen MR) is 77.8 cm³/mol. The highest BCUT2D eigenvalue weighted by Gasteiger charge is 2.12. The summed E-state index contributed by atoms with van der Waals surface area (Å²) in [6, 6.07) is 5.68. The molecule has 1 rings (SSSR count). The first kappa shape index (κ1) is 15.8. The van der Waals surface area contributed by atoms with Crippen molar-refractivity contribution in [3.8, 4) is 11.5 Å². The summed E-state index contributed by atoms with van der Waals surface area (Å²) in [6.45, 7) is 9.41. The van der Waals surface area contributed by atoms with Crippen LogP contribution in [0.1, 0.15) is 52.2 Å². The number of benzene rings is 1. The van der Waals surface area contributed by atoms with Crippen LogP contribution in [-0.2, 0) is 0 Å². The smallest absolute Gasteiger partial charge is 0.161 e. The summed E-state index contributed by atoms with van der Waals surface area (Å²) in [5, 5.41) is 10.2. The van der Waals surface area contributed by atoms with Crippen molar-refractivity contribution in [3.05, 3.63) is 23.8 Å². The van der Waals surface area contributed by atoms with E-state index in [0.717, 1.165) is 24.2 Å². The van der Waals surface area contributed by atoms with Crippen molar-refractivity contribution in [1.29, 1.82) is 0 Å². The fourth-order valence-electron chi connectivity index (χ4n) is 1.93. The van der Waals surface area contributed by atoms with Crippen LogP contribution in [0.25, 0.3) is 0 Å². The van der Waals surface area contributed by atoms with Crippen LogP contribution in [0.3, 0.4) is 0 Å². The van der Waals surface area contributed by atoms with Crippen LogP contribution in [-0.4, -0.2) is 18.3 Å². The minimum atomic E-state index is -0.433. The van der Waals surface area contributed by atoms with Gasteiger partial charge in [0.25, 0.3) is 0 Å². The second-order valence-corrected chi connectivity index (χ2v) is 5.06. The molecule has 1 unspecified atom stereocenters.